The Kier molecular flexibility index (Phi) is 4.99. The third-order valence-corrected chi connectivity index (χ3v) is 5.30. The molecule has 1 fully saturated rings. The molecular weight excluding hydrogens is 398 g/mol. The molecule has 0 bridgehead atoms. The van der Waals surface area contributed by atoms with Crippen LogP contribution in [0.5, 0.6) is 11.5 Å². The zero-order valence-corrected chi connectivity index (χ0v) is 16.5. The Hall–Kier alpha value is -3.53. The number of hydrogen-bond acceptors (Lipinski definition) is 8. The highest BCUT2D eigenvalue weighted by Crippen LogP contribution is 2.34. The van der Waals surface area contributed by atoms with E-state index in [2.05, 4.69) is 15.1 Å². The standard InChI is InChI=1S/C22H21N5O4/c23-21-18-19(13-6-8-15(9-7-13)31-14-4-2-1-3-5-14)26-27(22(18)25-12-24-21)16-10-30-11-17(28)20(16)29/h1-9,12,16-17,20,28-29H,10-11H2,(H2,23,24,25). The quantitative estimate of drug-likeness (QED) is 0.459. The molecule has 158 valence electrons. The van der Waals surface area contributed by atoms with Crippen molar-refractivity contribution in [3.63, 3.8) is 0 Å². The smallest absolute Gasteiger partial charge is 0.164 e. The van der Waals surface area contributed by atoms with Crippen LogP contribution < -0.4 is 10.5 Å². The second-order valence-corrected chi connectivity index (χ2v) is 7.35. The van der Waals surface area contributed by atoms with Crippen molar-refractivity contribution in [3.05, 3.63) is 60.9 Å². The summed E-state index contributed by atoms with van der Waals surface area (Å²) in [5.74, 6) is 1.71. The fraction of sp³-hybridized carbons (Fsp3) is 0.227. The van der Waals surface area contributed by atoms with E-state index < -0.39 is 18.2 Å². The molecule has 9 nitrogen and oxygen atoms in total. The van der Waals surface area contributed by atoms with Crippen molar-refractivity contribution in [1.29, 1.82) is 0 Å². The van der Waals surface area contributed by atoms with Crippen LogP contribution in [0.15, 0.2) is 60.9 Å². The van der Waals surface area contributed by atoms with Gasteiger partial charge < -0.3 is 25.4 Å². The lowest BCUT2D eigenvalue weighted by Gasteiger charge is -2.31. The number of aromatic nitrogens is 4. The first kappa shape index (κ1) is 19.4. The van der Waals surface area contributed by atoms with Crippen LogP contribution in [0.2, 0.25) is 0 Å². The molecule has 2 aromatic carbocycles. The number of para-hydroxylation sites is 1. The highest BCUT2D eigenvalue weighted by Gasteiger charge is 2.35. The number of benzene rings is 2. The second kappa shape index (κ2) is 7.95. The number of ether oxygens (including phenoxy) is 2. The molecule has 9 heteroatoms. The number of anilines is 1. The van der Waals surface area contributed by atoms with Gasteiger partial charge in [0.05, 0.1) is 18.6 Å². The monoisotopic (exact) mass is 419 g/mol. The predicted molar refractivity (Wildman–Crippen MR) is 114 cm³/mol. The largest absolute Gasteiger partial charge is 0.457 e. The molecule has 0 amide bonds. The zero-order chi connectivity index (χ0) is 21.4. The summed E-state index contributed by atoms with van der Waals surface area (Å²) in [6.45, 7) is 0.270. The summed E-state index contributed by atoms with van der Waals surface area (Å²) in [5, 5.41) is 25.8. The van der Waals surface area contributed by atoms with Gasteiger partial charge in [-0.05, 0) is 36.4 Å². The summed E-state index contributed by atoms with van der Waals surface area (Å²) in [5.41, 5.74) is 7.99. The van der Waals surface area contributed by atoms with Crippen molar-refractivity contribution in [2.24, 2.45) is 0 Å². The molecule has 3 unspecified atom stereocenters. The van der Waals surface area contributed by atoms with Crippen LogP contribution in [0.1, 0.15) is 6.04 Å². The van der Waals surface area contributed by atoms with Crippen LogP contribution in [0.25, 0.3) is 22.3 Å². The molecule has 4 aromatic rings. The summed E-state index contributed by atoms with van der Waals surface area (Å²) in [6.07, 6.45) is -0.694. The van der Waals surface area contributed by atoms with Crippen molar-refractivity contribution in [1.82, 2.24) is 19.7 Å². The van der Waals surface area contributed by atoms with E-state index in [0.717, 1.165) is 11.3 Å². The number of aliphatic hydroxyl groups is 2. The van der Waals surface area contributed by atoms with Crippen LogP contribution in [0.4, 0.5) is 5.82 Å². The molecule has 3 atom stereocenters. The fourth-order valence-electron chi connectivity index (χ4n) is 3.71. The molecule has 3 heterocycles. The van der Waals surface area contributed by atoms with Crippen LogP contribution in [0, 0.1) is 0 Å². The van der Waals surface area contributed by atoms with Crippen molar-refractivity contribution >= 4 is 16.9 Å². The highest BCUT2D eigenvalue weighted by molar-refractivity contribution is 5.98. The van der Waals surface area contributed by atoms with E-state index in [1.807, 2.05) is 54.6 Å². The Bertz CT molecular complexity index is 1200. The maximum Gasteiger partial charge on any atom is 0.164 e. The Morgan fingerprint density at radius 2 is 1.71 bits per heavy atom. The van der Waals surface area contributed by atoms with Crippen molar-refractivity contribution < 1.29 is 19.7 Å². The summed E-state index contributed by atoms with van der Waals surface area (Å²) in [6, 6.07) is 16.3. The third-order valence-electron chi connectivity index (χ3n) is 5.30. The van der Waals surface area contributed by atoms with Gasteiger partial charge in [-0.2, -0.15) is 5.10 Å². The Morgan fingerprint density at radius 3 is 2.48 bits per heavy atom. The molecule has 0 spiro atoms. The normalized spacial score (nSPS) is 21.3. The summed E-state index contributed by atoms with van der Waals surface area (Å²) in [4.78, 5) is 8.44. The SMILES string of the molecule is Nc1ncnc2c1c(-c1ccc(Oc3ccccc3)cc1)nn2C1COCC(O)C1O. The van der Waals surface area contributed by atoms with Gasteiger partial charge in [0.1, 0.15) is 47.6 Å². The van der Waals surface area contributed by atoms with Gasteiger partial charge >= 0.3 is 0 Å². The number of hydrogen-bond donors (Lipinski definition) is 3. The number of nitrogens with zero attached hydrogens (tertiary/aromatic N) is 4. The topological polar surface area (TPSA) is 129 Å². The first-order valence-corrected chi connectivity index (χ1v) is 9.87. The summed E-state index contributed by atoms with van der Waals surface area (Å²) in [7, 11) is 0. The number of nitrogens with two attached hydrogens (primary N) is 1. The number of aliphatic hydroxyl groups excluding tert-OH is 2. The predicted octanol–water partition coefficient (Wildman–Crippen LogP) is 2.16. The van der Waals surface area contributed by atoms with E-state index in [4.69, 9.17) is 15.2 Å². The molecule has 1 saturated heterocycles. The van der Waals surface area contributed by atoms with Gasteiger partial charge in [0.25, 0.3) is 0 Å². The van der Waals surface area contributed by atoms with Gasteiger partial charge in [-0.3, -0.25) is 0 Å². The van der Waals surface area contributed by atoms with Crippen LogP contribution in [0.3, 0.4) is 0 Å². The van der Waals surface area contributed by atoms with E-state index in [1.165, 1.54) is 6.33 Å². The van der Waals surface area contributed by atoms with Gasteiger partial charge in [0.2, 0.25) is 0 Å². The average Bonchev–Trinajstić information content (AvgIpc) is 3.18. The van der Waals surface area contributed by atoms with Crippen LogP contribution >= 0.6 is 0 Å². The molecular formula is C22H21N5O4. The first-order chi connectivity index (χ1) is 15.1. The van der Waals surface area contributed by atoms with Gasteiger partial charge in [-0.25, -0.2) is 14.6 Å². The third kappa shape index (κ3) is 3.59. The molecule has 4 N–H and O–H groups in total. The van der Waals surface area contributed by atoms with E-state index in [0.29, 0.717) is 22.5 Å². The van der Waals surface area contributed by atoms with Crippen LogP contribution in [-0.2, 0) is 4.74 Å². The zero-order valence-electron chi connectivity index (χ0n) is 16.5. The lowest BCUT2D eigenvalue weighted by atomic mass is 10.0. The van der Waals surface area contributed by atoms with E-state index in [9.17, 15) is 10.2 Å². The minimum Gasteiger partial charge on any atom is -0.457 e. The molecule has 0 radical (unpaired) electrons. The lowest BCUT2D eigenvalue weighted by molar-refractivity contribution is -0.116. The minimum atomic E-state index is -1.04. The highest BCUT2D eigenvalue weighted by atomic mass is 16.5. The first-order valence-electron chi connectivity index (χ1n) is 9.87. The number of rotatable bonds is 4. The lowest BCUT2D eigenvalue weighted by Crippen LogP contribution is -2.45. The molecule has 5 rings (SSSR count). The van der Waals surface area contributed by atoms with E-state index in [-0.39, 0.29) is 19.0 Å². The van der Waals surface area contributed by atoms with Crippen molar-refractivity contribution in [2.75, 3.05) is 18.9 Å². The molecule has 0 saturated carbocycles. The van der Waals surface area contributed by atoms with Crippen molar-refractivity contribution in [3.8, 4) is 22.8 Å². The molecule has 1 aliphatic rings. The second-order valence-electron chi connectivity index (χ2n) is 7.35. The van der Waals surface area contributed by atoms with Gasteiger partial charge in [-0.1, -0.05) is 18.2 Å². The van der Waals surface area contributed by atoms with E-state index >= 15 is 0 Å². The Balaban J connectivity index is 1.54. The summed E-state index contributed by atoms with van der Waals surface area (Å²) >= 11 is 0. The Morgan fingerprint density at radius 1 is 0.968 bits per heavy atom. The van der Waals surface area contributed by atoms with Crippen LogP contribution in [-0.4, -0.2) is 55.4 Å². The molecule has 31 heavy (non-hydrogen) atoms. The molecule has 1 aliphatic heterocycles. The number of fused-ring (bicyclic) bond motifs is 1. The maximum atomic E-state index is 10.5. The Labute approximate surface area is 177 Å². The molecule has 0 aliphatic carbocycles. The minimum absolute atomic E-state index is 0.0731. The maximum absolute atomic E-state index is 10.5. The van der Waals surface area contributed by atoms with Gasteiger partial charge in [0, 0.05) is 5.56 Å². The number of nitrogen functional groups attached to an aromatic ring is 1. The van der Waals surface area contributed by atoms with Crippen molar-refractivity contribution in [2.45, 2.75) is 18.2 Å². The fourth-order valence-corrected chi connectivity index (χ4v) is 3.71. The average molecular weight is 419 g/mol. The summed E-state index contributed by atoms with van der Waals surface area (Å²) < 4.78 is 12.8. The van der Waals surface area contributed by atoms with E-state index in [1.54, 1.807) is 4.68 Å². The van der Waals surface area contributed by atoms with Gasteiger partial charge in [-0.15, -0.1) is 0 Å². The van der Waals surface area contributed by atoms with Gasteiger partial charge in [0.15, 0.2) is 5.65 Å². The molecule has 2 aromatic heterocycles.